The summed E-state index contributed by atoms with van der Waals surface area (Å²) in [5.41, 5.74) is 1.22. The normalized spacial score (nSPS) is 10.7. The van der Waals surface area contributed by atoms with Gasteiger partial charge in [0.05, 0.1) is 0 Å². The highest BCUT2D eigenvalue weighted by atomic mass is 16.2. The minimum Gasteiger partial charge on any atom is -0.345 e. The average Bonchev–Trinajstić information content (AvgIpc) is 2.41. The third kappa shape index (κ3) is 6.91. The number of likely N-dealkylation sites (N-methyl/N-ethyl adjacent to an activating group) is 1. The second-order valence-electron chi connectivity index (χ2n) is 5.27. The molecule has 0 saturated carbocycles. The van der Waals surface area contributed by atoms with Gasteiger partial charge >= 0.3 is 0 Å². The molecule has 1 N–H and O–H groups in total. The second-order valence-corrected chi connectivity index (χ2v) is 5.27. The van der Waals surface area contributed by atoms with Crippen LogP contribution in [0.3, 0.4) is 0 Å². The lowest BCUT2D eigenvalue weighted by Gasteiger charge is -2.17. The van der Waals surface area contributed by atoms with Crippen molar-refractivity contribution in [3.8, 4) is 0 Å². The van der Waals surface area contributed by atoms with E-state index in [1.807, 2.05) is 19.2 Å². The van der Waals surface area contributed by atoms with Gasteiger partial charge in [-0.2, -0.15) is 0 Å². The molecule has 0 spiro atoms. The van der Waals surface area contributed by atoms with Crippen molar-refractivity contribution >= 4 is 5.91 Å². The van der Waals surface area contributed by atoms with E-state index in [1.54, 1.807) is 17.3 Å². The first-order valence-electron chi connectivity index (χ1n) is 6.93. The number of pyridine rings is 1. The summed E-state index contributed by atoms with van der Waals surface area (Å²) >= 11 is 0. The summed E-state index contributed by atoms with van der Waals surface area (Å²) in [6.07, 6.45) is 5.02. The Morgan fingerprint density at radius 1 is 1.37 bits per heavy atom. The number of amides is 1. The lowest BCUT2D eigenvalue weighted by molar-refractivity contribution is -0.129. The molecule has 1 heterocycles. The smallest absolute Gasteiger partial charge is 0.223 e. The van der Waals surface area contributed by atoms with Crippen LogP contribution in [0.5, 0.6) is 0 Å². The molecular weight excluding hydrogens is 238 g/mol. The summed E-state index contributed by atoms with van der Waals surface area (Å²) < 4.78 is 0. The van der Waals surface area contributed by atoms with Gasteiger partial charge in [0, 0.05) is 39.0 Å². The summed E-state index contributed by atoms with van der Waals surface area (Å²) in [7, 11) is 1.87. The summed E-state index contributed by atoms with van der Waals surface area (Å²) in [6, 6.07) is 3.98. The van der Waals surface area contributed by atoms with Crippen LogP contribution in [-0.4, -0.2) is 42.5 Å². The first-order chi connectivity index (χ1) is 9.09. The highest BCUT2D eigenvalue weighted by molar-refractivity contribution is 5.76. The summed E-state index contributed by atoms with van der Waals surface area (Å²) in [5.74, 6) is 0.824. The van der Waals surface area contributed by atoms with Crippen LogP contribution in [0.1, 0.15) is 25.8 Å². The van der Waals surface area contributed by atoms with Crippen molar-refractivity contribution in [2.45, 2.75) is 26.7 Å². The van der Waals surface area contributed by atoms with Crippen LogP contribution in [0, 0.1) is 5.92 Å². The van der Waals surface area contributed by atoms with E-state index in [0.29, 0.717) is 12.3 Å². The fraction of sp³-hybridized carbons (Fsp3) is 0.600. The van der Waals surface area contributed by atoms with E-state index in [-0.39, 0.29) is 5.91 Å². The first kappa shape index (κ1) is 15.6. The Bertz CT molecular complexity index is 365. The van der Waals surface area contributed by atoms with Crippen molar-refractivity contribution in [3.05, 3.63) is 30.1 Å². The zero-order valence-electron chi connectivity index (χ0n) is 12.2. The SMILES string of the molecule is CC(C)CNCCC(=O)N(C)CCc1ccncc1. The molecule has 0 unspecified atom stereocenters. The molecule has 1 rings (SSSR count). The molecule has 0 aromatic carbocycles. The fourth-order valence-corrected chi connectivity index (χ4v) is 1.75. The van der Waals surface area contributed by atoms with Crippen molar-refractivity contribution in [2.75, 3.05) is 26.7 Å². The van der Waals surface area contributed by atoms with Gasteiger partial charge < -0.3 is 10.2 Å². The molecule has 0 fully saturated rings. The topological polar surface area (TPSA) is 45.2 Å². The van der Waals surface area contributed by atoms with Crippen LogP contribution in [-0.2, 0) is 11.2 Å². The fourth-order valence-electron chi connectivity index (χ4n) is 1.75. The molecule has 0 aliphatic rings. The Balaban J connectivity index is 2.18. The van der Waals surface area contributed by atoms with Crippen molar-refractivity contribution in [2.24, 2.45) is 5.92 Å². The molecule has 4 nitrogen and oxygen atoms in total. The van der Waals surface area contributed by atoms with Crippen LogP contribution in [0.2, 0.25) is 0 Å². The summed E-state index contributed by atoms with van der Waals surface area (Å²) in [6.45, 7) is 6.81. The quantitative estimate of drug-likeness (QED) is 0.726. The van der Waals surface area contributed by atoms with E-state index >= 15 is 0 Å². The van der Waals surface area contributed by atoms with Gasteiger partial charge in [-0.1, -0.05) is 13.8 Å². The number of carbonyl (C=O) groups is 1. The lowest BCUT2D eigenvalue weighted by Crippen LogP contribution is -2.32. The molecule has 0 atom stereocenters. The number of nitrogens with zero attached hydrogens (tertiary/aromatic N) is 2. The molecule has 106 valence electrons. The van der Waals surface area contributed by atoms with Gasteiger partial charge in [0.25, 0.3) is 0 Å². The Kier molecular flexibility index (Phi) is 7.11. The van der Waals surface area contributed by atoms with E-state index in [4.69, 9.17) is 0 Å². The molecule has 1 amide bonds. The van der Waals surface area contributed by atoms with Crippen molar-refractivity contribution in [3.63, 3.8) is 0 Å². The lowest BCUT2D eigenvalue weighted by atomic mass is 10.2. The molecule has 1 aromatic heterocycles. The maximum absolute atomic E-state index is 11.9. The molecular formula is C15H25N3O. The first-order valence-corrected chi connectivity index (χ1v) is 6.93. The van der Waals surface area contributed by atoms with Crippen LogP contribution < -0.4 is 5.32 Å². The van der Waals surface area contributed by atoms with Crippen LogP contribution in [0.4, 0.5) is 0 Å². The summed E-state index contributed by atoms with van der Waals surface area (Å²) in [5, 5.41) is 3.29. The van der Waals surface area contributed by atoms with Gasteiger partial charge in [0.2, 0.25) is 5.91 Å². The highest BCUT2D eigenvalue weighted by Crippen LogP contribution is 2.00. The molecule has 19 heavy (non-hydrogen) atoms. The number of rotatable bonds is 8. The number of hydrogen-bond acceptors (Lipinski definition) is 3. The number of hydrogen-bond donors (Lipinski definition) is 1. The molecule has 4 heteroatoms. The number of nitrogens with one attached hydrogen (secondary N) is 1. The minimum atomic E-state index is 0.199. The Morgan fingerprint density at radius 2 is 2.05 bits per heavy atom. The third-order valence-corrected chi connectivity index (χ3v) is 2.98. The monoisotopic (exact) mass is 263 g/mol. The van der Waals surface area contributed by atoms with E-state index in [0.717, 1.165) is 26.1 Å². The van der Waals surface area contributed by atoms with Gasteiger partial charge in [0.1, 0.15) is 0 Å². The molecule has 0 radical (unpaired) electrons. The van der Waals surface area contributed by atoms with E-state index in [2.05, 4.69) is 24.1 Å². The Labute approximate surface area is 116 Å². The van der Waals surface area contributed by atoms with Crippen molar-refractivity contribution < 1.29 is 4.79 Å². The highest BCUT2D eigenvalue weighted by Gasteiger charge is 2.08. The number of aromatic nitrogens is 1. The summed E-state index contributed by atoms with van der Waals surface area (Å²) in [4.78, 5) is 17.7. The van der Waals surface area contributed by atoms with Crippen LogP contribution in [0.25, 0.3) is 0 Å². The molecule has 0 bridgehead atoms. The van der Waals surface area contributed by atoms with E-state index < -0.39 is 0 Å². The minimum absolute atomic E-state index is 0.199. The molecule has 0 aliphatic heterocycles. The maximum Gasteiger partial charge on any atom is 0.223 e. The average molecular weight is 263 g/mol. The molecule has 0 aliphatic carbocycles. The van der Waals surface area contributed by atoms with Gasteiger partial charge in [-0.15, -0.1) is 0 Å². The molecule has 0 saturated heterocycles. The Hall–Kier alpha value is -1.42. The maximum atomic E-state index is 11.9. The van der Waals surface area contributed by atoms with Gasteiger partial charge in [-0.05, 0) is 36.6 Å². The van der Waals surface area contributed by atoms with Crippen LogP contribution in [0.15, 0.2) is 24.5 Å². The third-order valence-electron chi connectivity index (χ3n) is 2.98. The van der Waals surface area contributed by atoms with Gasteiger partial charge in [0.15, 0.2) is 0 Å². The standard InChI is InChI=1S/C15H25N3O/c1-13(2)12-17-10-6-15(19)18(3)11-7-14-4-8-16-9-5-14/h4-5,8-9,13,17H,6-7,10-12H2,1-3H3. The predicted molar refractivity (Wildman–Crippen MR) is 77.9 cm³/mol. The van der Waals surface area contributed by atoms with Gasteiger partial charge in [-0.3, -0.25) is 9.78 Å². The largest absolute Gasteiger partial charge is 0.345 e. The van der Waals surface area contributed by atoms with Crippen LogP contribution >= 0.6 is 0 Å². The zero-order valence-corrected chi connectivity index (χ0v) is 12.2. The second kappa shape index (κ2) is 8.64. The Morgan fingerprint density at radius 3 is 2.68 bits per heavy atom. The number of carbonyl (C=O) groups excluding carboxylic acids is 1. The predicted octanol–water partition coefficient (Wildman–Crippen LogP) is 1.72. The zero-order chi connectivity index (χ0) is 14.1. The van der Waals surface area contributed by atoms with E-state index in [9.17, 15) is 4.79 Å². The van der Waals surface area contributed by atoms with Crippen molar-refractivity contribution in [1.29, 1.82) is 0 Å². The van der Waals surface area contributed by atoms with E-state index in [1.165, 1.54) is 5.56 Å². The molecule has 1 aromatic rings. The van der Waals surface area contributed by atoms with Crippen molar-refractivity contribution in [1.82, 2.24) is 15.2 Å². The van der Waals surface area contributed by atoms with Gasteiger partial charge in [-0.25, -0.2) is 0 Å².